The largest absolute Gasteiger partial charge is 0.468 e. The maximum absolute atomic E-state index is 8.44. The molecule has 0 aliphatic carbocycles. The fraction of sp³-hybridized carbons (Fsp3) is 0.455. The van der Waals surface area contributed by atoms with Gasteiger partial charge in [-0.25, -0.2) is 10.3 Å². The number of hydrogen-bond acceptors (Lipinski definition) is 4. The highest BCUT2D eigenvalue weighted by molar-refractivity contribution is 7.09. The van der Waals surface area contributed by atoms with E-state index in [9.17, 15) is 0 Å². The van der Waals surface area contributed by atoms with Crippen LogP contribution in [0, 0.1) is 11.5 Å². The maximum atomic E-state index is 8.44. The van der Waals surface area contributed by atoms with Gasteiger partial charge in [0.25, 0.3) is 6.02 Å². The first-order valence-corrected chi connectivity index (χ1v) is 5.93. The summed E-state index contributed by atoms with van der Waals surface area (Å²) < 4.78 is 4.92. The minimum Gasteiger partial charge on any atom is -0.468 e. The van der Waals surface area contributed by atoms with Crippen LogP contribution in [0.4, 0.5) is 0 Å². The number of methoxy groups -OCH3 is 1. The molecule has 1 heterocycles. The zero-order chi connectivity index (χ0) is 11.8. The summed E-state index contributed by atoms with van der Waals surface area (Å²) in [6, 6.07) is 4.58. The van der Waals surface area contributed by atoms with Crippen LogP contribution in [0.5, 0.6) is 0 Å². The van der Waals surface area contributed by atoms with Gasteiger partial charge in [-0.2, -0.15) is 5.26 Å². The zero-order valence-electron chi connectivity index (χ0n) is 9.43. The standard InChI is InChI=1S/C11H15N3OS/c1-9(14-11(15-2)13-8-12)5-6-10-4-3-7-16-10/h3-4,7,9H,5-6H2,1-2H3,(H,13,14). The van der Waals surface area contributed by atoms with Gasteiger partial charge in [-0.1, -0.05) is 6.07 Å². The summed E-state index contributed by atoms with van der Waals surface area (Å²) in [6.45, 7) is 2.01. The van der Waals surface area contributed by atoms with Crippen molar-refractivity contribution in [2.45, 2.75) is 25.8 Å². The van der Waals surface area contributed by atoms with Gasteiger partial charge >= 0.3 is 0 Å². The monoisotopic (exact) mass is 237 g/mol. The molecule has 1 aromatic heterocycles. The predicted octanol–water partition coefficient (Wildman–Crippen LogP) is 2.14. The lowest BCUT2D eigenvalue weighted by molar-refractivity contribution is 0.382. The fourth-order valence-corrected chi connectivity index (χ4v) is 1.98. The molecule has 0 radical (unpaired) electrons. The molecule has 0 aliphatic rings. The van der Waals surface area contributed by atoms with Crippen molar-refractivity contribution in [2.75, 3.05) is 7.11 Å². The van der Waals surface area contributed by atoms with Crippen molar-refractivity contribution in [1.29, 1.82) is 5.26 Å². The molecular formula is C11H15N3OS. The topological polar surface area (TPSA) is 57.4 Å². The molecule has 16 heavy (non-hydrogen) atoms. The summed E-state index contributed by atoms with van der Waals surface area (Å²) in [6.07, 6.45) is 3.74. The summed E-state index contributed by atoms with van der Waals surface area (Å²) in [7, 11) is 1.50. The molecule has 0 saturated heterocycles. The second-order valence-electron chi connectivity index (χ2n) is 3.34. The van der Waals surface area contributed by atoms with Gasteiger partial charge in [-0.15, -0.1) is 11.3 Å². The van der Waals surface area contributed by atoms with Crippen molar-refractivity contribution in [3.63, 3.8) is 0 Å². The van der Waals surface area contributed by atoms with Crippen LogP contribution in [0.2, 0.25) is 0 Å². The average molecular weight is 237 g/mol. The molecule has 0 aromatic carbocycles. The first kappa shape index (κ1) is 12.5. The lowest BCUT2D eigenvalue weighted by Gasteiger charge is -2.07. The van der Waals surface area contributed by atoms with E-state index in [1.165, 1.54) is 12.0 Å². The lowest BCUT2D eigenvalue weighted by Crippen LogP contribution is -2.21. The van der Waals surface area contributed by atoms with Crippen molar-refractivity contribution in [3.8, 4) is 6.19 Å². The molecule has 4 nitrogen and oxygen atoms in total. The van der Waals surface area contributed by atoms with E-state index in [2.05, 4.69) is 21.8 Å². The van der Waals surface area contributed by atoms with Gasteiger partial charge in [0.2, 0.25) is 0 Å². The van der Waals surface area contributed by atoms with Gasteiger partial charge < -0.3 is 4.74 Å². The molecular weight excluding hydrogens is 222 g/mol. The Kier molecular flexibility index (Phi) is 5.37. The van der Waals surface area contributed by atoms with Crippen LogP contribution in [0.15, 0.2) is 22.5 Å². The molecule has 1 atom stereocenters. The van der Waals surface area contributed by atoms with Crippen LogP contribution in [0.3, 0.4) is 0 Å². The molecule has 1 rings (SSSR count). The van der Waals surface area contributed by atoms with Gasteiger partial charge in [0.15, 0.2) is 6.19 Å². The number of nitriles is 1. The molecule has 1 N–H and O–H groups in total. The Morgan fingerprint density at radius 3 is 3.12 bits per heavy atom. The first-order valence-electron chi connectivity index (χ1n) is 5.05. The smallest absolute Gasteiger partial charge is 0.298 e. The Hall–Kier alpha value is -1.54. The number of thiophene rings is 1. The summed E-state index contributed by atoms with van der Waals surface area (Å²) in [5, 5.41) is 12.9. The predicted molar refractivity (Wildman–Crippen MR) is 65.3 cm³/mol. The Bertz CT molecular complexity index is 367. The van der Waals surface area contributed by atoms with Crippen LogP contribution in [-0.4, -0.2) is 19.2 Å². The molecule has 0 spiro atoms. The van der Waals surface area contributed by atoms with Crippen LogP contribution < -0.4 is 5.32 Å². The molecule has 1 aromatic rings. The van der Waals surface area contributed by atoms with Crippen molar-refractivity contribution in [2.24, 2.45) is 4.99 Å². The average Bonchev–Trinajstić information content (AvgIpc) is 2.78. The Morgan fingerprint density at radius 2 is 2.56 bits per heavy atom. The number of aryl methyl sites for hydroxylation is 1. The van der Waals surface area contributed by atoms with Crippen LogP contribution >= 0.6 is 11.3 Å². The normalized spacial score (nSPS) is 12.9. The van der Waals surface area contributed by atoms with E-state index in [1.807, 2.05) is 13.0 Å². The van der Waals surface area contributed by atoms with E-state index in [4.69, 9.17) is 10.00 Å². The van der Waals surface area contributed by atoms with Crippen molar-refractivity contribution in [3.05, 3.63) is 22.4 Å². The third kappa shape index (κ3) is 4.32. The number of amidine groups is 1. The Labute approximate surface area is 99.6 Å². The highest BCUT2D eigenvalue weighted by atomic mass is 32.1. The molecule has 1 unspecified atom stereocenters. The van der Waals surface area contributed by atoms with Gasteiger partial charge in [0, 0.05) is 4.88 Å². The van der Waals surface area contributed by atoms with Crippen molar-refractivity contribution in [1.82, 2.24) is 5.32 Å². The van der Waals surface area contributed by atoms with Crippen molar-refractivity contribution >= 4 is 17.4 Å². The summed E-state index contributed by atoms with van der Waals surface area (Å²) in [5.74, 6) is 0. The van der Waals surface area contributed by atoms with Gasteiger partial charge in [-0.05, 0) is 31.2 Å². The minimum atomic E-state index is 0.137. The number of nitrogens with zero attached hydrogens (tertiary/aromatic N) is 2. The van der Waals surface area contributed by atoms with Gasteiger partial charge in [0.05, 0.1) is 13.2 Å². The fourth-order valence-electron chi connectivity index (χ4n) is 1.25. The van der Waals surface area contributed by atoms with Crippen LogP contribution in [0.25, 0.3) is 0 Å². The summed E-state index contributed by atoms with van der Waals surface area (Å²) in [5.41, 5.74) is 0. The van der Waals surface area contributed by atoms with E-state index in [1.54, 1.807) is 17.5 Å². The number of rotatable bonds is 4. The number of aliphatic imine (C=N–C) groups is 1. The van der Waals surface area contributed by atoms with Gasteiger partial charge in [0.1, 0.15) is 0 Å². The molecule has 0 amide bonds. The third-order valence-corrected chi connectivity index (χ3v) is 3.02. The third-order valence-electron chi connectivity index (χ3n) is 2.08. The maximum Gasteiger partial charge on any atom is 0.298 e. The molecule has 86 valence electrons. The molecule has 0 bridgehead atoms. The number of nitrogens with one attached hydrogen (secondary N) is 1. The highest BCUT2D eigenvalue weighted by Crippen LogP contribution is 2.13. The molecule has 0 saturated carbocycles. The number of ether oxygens (including phenoxy) is 1. The Morgan fingerprint density at radius 1 is 1.75 bits per heavy atom. The second kappa shape index (κ2) is 6.85. The minimum absolute atomic E-state index is 0.137. The van der Waals surface area contributed by atoms with E-state index < -0.39 is 0 Å². The summed E-state index contributed by atoms with van der Waals surface area (Å²) >= 11 is 1.75. The van der Waals surface area contributed by atoms with Crippen molar-refractivity contribution < 1.29 is 4.74 Å². The Balaban J connectivity index is 2.40. The summed E-state index contributed by atoms with van der Waals surface area (Å²) in [4.78, 5) is 5.61. The zero-order valence-corrected chi connectivity index (χ0v) is 10.3. The van der Waals surface area contributed by atoms with E-state index in [0.29, 0.717) is 0 Å². The van der Waals surface area contributed by atoms with E-state index in [0.717, 1.165) is 12.8 Å². The molecule has 0 aliphatic heterocycles. The SMILES string of the molecule is COC(=NC(C)CCc1cccs1)NC#N. The van der Waals surface area contributed by atoms with E-state index in [-0.39, 0.29) is 12.1 Å². The second-order valence-corrected chi connectivity index (χ2v) is 4.37. The van der Waals surface area contributed by atoms with Gasteiger partial charge in [-0.3, -0.25) is 0 Å². The number of hydrogen-bond donors (Lipinski definition) is 1. The lowest BCUT2D eigenvalue weighted by atomic mass is 10.2. The quantitative estimate of drug-likeness (QED) is 0.378. The highest BCUT2D eigenvalue weighted by Gasteiger charge is 2.04. The first-order chi connectivity index (χ1) is 7.76. The van der Waals surface area contributed by atoms with Crippen LogP contribution in [0.1, 0.15) is 18.2 Å². The molecule has 0 fully saturated rings. The van der Waals surface area contributed by atoms with E-state index >= 15 is 0 Å². The van der Waals surface area contributed by atoms with Crippen LogP contribution in [-0.2, 0) is 11.2 Å². The molecule has 5 heteroatoms.